The molecule has 0 aliphatic rings. The molecule has 0 fully saturated rings. The Morgan fingerprint density at radius 1 is 1.26 bits per heavy atom. The first-order valence-corrected chi connectivity index (χ1v) is 6.39. The van der Waals surface area contributed by atoms with Gasteiger partial charge in [-0.25, -0.2) is 4.68 Å². The summed E-state index contributed by atoms with van der Waals surface area (Å²) >= 11 is 0. The second kappa shape index (κ2) is 4.96. The quantitative estimate of drug-likeness (QED) is 0.921. The fourth-order valence-electron chi connectivity index (χ4n) is 1.85. The van der Waals surface area contributed by atoms with Crippen molar-refractivity contribution in [1.29, 1.82) is 0 Å². The SMILES string of the molecule is Cc1cc(N)nn1COc1cccc(C(C)(C)C)c1. The molecule has 2 aromatic rings. The smallest absolute Gasteiger partial charge is 0.181 e. The molecule has 0 amide bonds. The molecule has 0 spiro atoms. The van der Waals surface area contributed by atoms with E-state index in [1.807, 2.05) is 25.1 Å². The van der Waals surface area contributed by atoms with Crippen LogP contribution in [0, 0.1) is 6.92 Å². The van der Waals surface area contributed by atoms with Gasteiger partial charge < -0.3 is 10.5 Å². The number of ether oxygens (including phenoxy) is 1. The number of hydrogen-bond acceptors (Lipinski definition) is 3. The second-order valence-corrected chi connectivity index (χ2v) is 5.76. The zero-order valence-corrected chi connectivity index (χ0v) is 12.0. The summed E-state index contributed by atoms with van der Waals surface area (Å²) in [4.78, 5) is 0. The van der Waals surface area contributed by atoms with Gasteiger partial charge in [0.25, 0.3) is 0 Å². The highest BCUT2D eigenvalue weighted by molar-refractivity contribution is 5.32. The molecule has 102 valence electrons. The van der Waals surface area contributed by atoms with E-state index < -0.39 is 0 Å². The molecule has 4 heteroatoms. The van der Waals surface area contributed by atoms with E-state index in [2.05, 4.69) is 38.0 Å². The molecule has 1 aromatic heterocycles. The number of nitrogen functional groups attached to an aromatic ring is 1. The minimum absolute atomic E-state index is 0.116. The molecule has 0 aliphatic carbocycles. The molecule has 0 bridgehead atoms. The maximum atomic E-state index is 5.77. The molecule has 2 N–H and O–H groups in total. The highest BCUT2D eigenvalue weighted by Crippen LogP contribution is 2.25. The molecule has 0 atom stereocenters. The van der Waals surface area contributed by atoms with E-state index >= 15 is 0 Å². The van der Waals surface area contributed by atoms with E-state index in [1.54, 1.807) is 4.68 Å². The van der Waals surface area contributed by atoms with E-state index in [-0.39, 0.29) is 5.41 Å². The number of nitrogens with two attached hydrogens (primary N) is 1. The van der Waals surface area contributed by atoms with Gasteiger partial charge in [-0.2, -0.15) is 5.10 Å². The molecule has 0 unspecified atom stereocenters. The Morgan fingerprint density at radius 2 is 2.00 bits per heavy atom. The van der Waals surface area contributed by atoms with Gasteiger partial charge in [0.15, 0.2) is 6.73 Å². The first-order valence-electron chi connectivity index (χ1n) is 6.39. The largest absolute Gasteiger partial charge is 0.471 e. The topological polar surface area (TPSA) is 53.1 Å². The van der Waals surface area contributed by atoms with E-state index in [9.17, 15) is 0 Å². The van der Waals surface area contributed by atoms with Crippen LogP contribution >= 0.6 is 0 Å². The highest BCUT2D eigenvalue weighted by Gasteiger charge is 2.14. The van der Waals surface area contributed by atoms with Crippen LogP contribution in [-0.4, -0.2) is 9.78 Å². The van der Waals surface area contributed by atoms with Crippen LogP contribution in [0.2, 0.25) is 0 Å². The fraction of sp³-hybridized carbons (Fsp3) is 0.400. The van der Waals surface area contributed by atoms with Gasteiger partial charge in [-0.15, -0.1) is 0 Å². The molecular weight excluding hydrogens is 238 g/mol. The lowest BCUT2D eigenvalue weighted by Gasteiger charge is -2.19. The van der Waals surface area contributed by atoms with Crippen molar-refractivity contribution >= 4 is 5.82 Å². The number of hydrogen-bond donors (Lipinski definition) is 1. The molecule has 0 aliphatic heterocycles. The van der Waals surface area contributed by atoms with Gasteiger partial charge in [0.2, 0.25) is 0 Å². The number of aryl methyl sites for hydroxylation is 1. The van der Waals surface area contributed by atoms with Crippen molar-refractivity contribution in [3.63, 3.8) is 0 Å². The van der Waals surface area contributed by atoms with E-state index in [0.717, 1.165) is 11.4 Å². The Labute approximate surface area is 114 Å². The van der Waals surface area contributed by atoms with Gasteiger partial charge in [-0.3, -0.25) is 0 Å². The fourth-order valence-corrected chi connectivity index (χ4v) is 1.85. The van der Waals surface area contributed by atoms with Crippen molar-refractivity contribution in [2.24, 2.45) is 0 Å². The average molecular weight is 259 g/mol. The Balaban J connectivity index is 2.10. The van der Waals surface area contributed by atoms with Gasteiger partial charge in [-0.1, -0.05) is 32.9 Å². The third-order valence-corrected chi connectivity index (χ3v) is 3.05. The van der Waals surface area contributed by atoms with E-state index in [0.29, 0.717) is 12.5 Å². The predicted octanol–water partition coefficient (Wildman–Crippen LogP) is 3.11. The first-order chi connectivity index (χ1) is 8.86. The molecule has 0 saturated heterocycles. The third-order valence-electron chi connectivity index (χ3n) is 3.05. The van der Waals surface area contributed by atoms with Crippen molar-refractivity contribution in [2.45, 2.75) is 39.8 Å². The van der Waals surface area contributed by atoms with Crippen molar-refractivity contribution in [3.05, 3.63) is 41.6 Å². The van der Waals surface area contributed by atoms with Gasteiger partial charge in [0.05, 0.1) is 0 Å². The van der Waals surface area contributed by atoms with Gasteiger partial charge in [-0.05, 0) is 30.0 Å². The number of benzene rings is 1. The maximum Gasteiger partial charge on any atom is 0.181 e. The van der Waals surface area contributed by atoms with Crippen molar-refractivity contribution in [2.75, 3.05) is 5.73 Å². The Bertz CT molecular complexity index is 567. The number of anilines is 1. The highest BCUT2D eigenvalue weighted by atomic mass is 16.5. The first kappa shape index (κ1) is 13.5. The molecule has 1 heterocycles. The lowest BCUT2D eigenvalue weighted by Crippen LogP contribution is -2.12. The van der Waals surface area contributed by atoms with Crippen molar-refractivity contribution < 1.29 is 4.74 Å². The van der Waals surface area contributed by atoms with Crippen molar-refractivity contribution in [3.8, 4) is 5.75 Å². The van der Waals surface area contributed by atoms with Gasteiger partial charge >= 0.3 is 0 Å². The molecular formula is C15H21N3O. The van der Waals surface area contributed by atoms with E-state index in [1.165, 1.54) is 5.56 Å². The monoisotopic (exact) mass is 259 g/mol. The molecule has 2 rings (SSSR count). The maximum absolute atomic E-state index is 5.77. The minimum atomic E-state index is 0.116. The van der Waals surface area contributed by atoms with Gasteiger partial charge in [0, 0.05) is 11.8 Å². The molecule has 1 aromatic carbocycles. The van der Waals surface area contributed by atoms with Crippen LogP contribution in [0.15, 0.2) is 30.3 Å². The summed E-state index contributed by atoms with van der Waals surface area (Å²) in [6, 6.07) is 9.98. The summed E-state index contributed by atoms with van der Waals surface area (Å²) in [5, 5.41) is 4.17. The molecule has 0 saturated carbocycles. The van der Waals surface area contributed by atoms with Crippen LogP contribution < -0.4 is 10.5 Å². The zero-order valence-electron chi connectivity index (χ0n) is 12.0. The van der Waals surface area contributed by atoms with E-state index in [4.69, 9.17) is 10.5 Å². The van der Waals surface area contributed by atoms with Crippen LogP contribution in [0.25, 0.3) is 0 Å². The predicted molar refractivity (Wildman–Crippen MR) is 77.1 cm³/mol. The number of rotatable bonds is 3. The van der Waals surface area contributed by atoms with Crippen LogP contribution in [0.4, 0.5) is 5.82 Å². The second-order valence-electron chi connectivity index (χ2n) is 5.76. The average Bonchev–Trinajstić information content (AvgIpc) is 2.64. The van der Waals surface area contributed by atoms with Crippen LogP contribution in [-0.2, 0) is 12.1 Å². The standard InChI is InChI=1S/C15H21N3O/c1-11-8-14(16)17-18(11)10-19-13-7-5-6-12(9-13)15(2,3)4/h5-9H,10H2,1-4H3,(H2,16,17). The number of nitrogens with zero attached hydrogens (tertiary/aromatic N) is 2. The lowest BCUT2D eigenvalue weighted by atomic mass is 9.87. The summed E-state index contributed by atoms with van der Waals surface area (Å²) in [6.07, 6.45) is 0. The van der Waals surface area contributed by atoms with Crippen molar-refractivity contribution in [1.82, 2.24) is 9.78 Å². The number of aromatic nitrogens is 2. The van der Waals surface area contributed by atoms with Crippen LogP contribution in [0.3, 0.4) is 0 Å². The molecule has 4 nitrogen and oxygen atoms in total. The molecule has 19 heavy (non-hydrogen) atoms. The summed E-state index contributed by atoms with van der Waals surface area (Å²) < 4.78 is 7.52. The summed E-state index contributed by atoms with van der Waals surface area (Å²) in [5.41, 5.74) is 8.00. The lowest BCUT2D eigenvalue weighted by molar-refractivity contribution is 0.218. The third kappa shape index (κ3) is 3.28. The Kier molecular flexibility index (Phi) is 3.51. The van der Waals surface area contributed by atoms with Crippen LogP contribution in [0.5, 0.6) is 5.75 Å². The summed E-state index contributed by atoms with van der Waals surface area (Å²) in [7, 11) is 0. The van der Waals surface area contributed by atoms with Crippen LogP contribution in [0.1, 0.15) is 32.0 Å². The Hall–Kier alpha value is -1.97. The molecule has 0 radical (unpaired) electrons. The van der Waals surface area contributed by atoms with Gasteiger partial charge in [0.1, 0.15) is 11.6 Å². The normalized spacial score (nSPS) is 11.6. The Morgan fingerprint density at radius 3 is 2.58 bits per heavy atom. The summed E-state index contributed by atoms with van der Waals surface area (Å²) in [5.74, 6) is 1.37. The summed E-state index contributed by atoms with van der Waals surface area (Å²) in [6.45, 7) is 8.88. The minimum Gasteiger partial charge on any atom is -0.471 e. The zero-order chi connectivity index (χ0) is 14.0.